The summed E-state index contributed by atoms with van der Waals surface area (Å²) in [6, 6.07) is 7.32. The molecule has 0 radical (unpaired) electrons. The molecule has 2 rings (SSSR count). The van der Waals surface area contributed by atoms with Gasteiger partial charge in [0.15, 0.2) is 0 Å². The van der Waals surface area contributed by atoms with Crippen molar-refractivity contribution in [1.82, 2.24) is 0 Å². The zero-order valence-electron chi connectivity index (χ0n) is 10.1. The maximum Gasteiger partial charge on any atom is 0.247 e. The van der Waals surface area contributed by atoms with Gasteiger partial charge in [-0.15, -0.1) is 11.8 Å². The number of imide groups is 1. The molecule has 1 aliphatic heterocycles. The van der Waals surface area contributed by atoms with E-state index in [1.165, 1.54) is 16.7 Å². The number of hydrogen-bond acceptors (Lipinski definition) is 4. The second kappa shape index (κ2) is 5.54. The second-order valence-corrected chi connectivity index (χ2v) is 5.50. The smallest absolute Gasteiger partial charge is 0.247 e. The van der Waals surface area contributed by atoms with Crippen molar-refractivity contribution >= 4 is 29.3 Å². The van der Waals surface area contributed by atoms with Gasteiger partial charge in [0.05, 0.1) is 17.5 Å². The van der Waals surface area contributed by atoms with Crippen LogP contribution in [-0.4, -0.2) is 34.5 Å². The minimum absolute atomic E-state index is 0.0210. The molecule has 1 heterocycles. The van der Waals surface area contributed by atoms with Gasteiger partial charge in [-0.1, -0.05) is 17.7 Å². The molecule has 0 bridgehead atoms. The van der Waals surface area contributed by atoms with E-state index in [2.05, 4.69) is 0 Å². The van der Waals surface area contributed by atoms with E-state index in [9.17, 15) is 9.59 Å². The van der Waals surface area contributed by atoms with Crippen LogP contribution in [0.3, 0.4) is 0 Å². The third-order valence-corrected chi connectivity index (χ3v) is 4.00. The Morgan fingerprint density at radius 2 is 2.00 bits per heavy atom. The molecule has 96 valence electrons. The fourth-order valence-corrected chi connectivity index (χ4v) is 2.79. The zero-order chi connectivity index (χ0) is 13.1. The summed E-state index contributed by atoms with van der Waals surface area (Å²) in [5.74, 6) is 0.132. The summed E-state index contributed by atoms with van der Waals surface area (Å²) >= 11 is 1.34. The molecule has 18 heavy (non-hydrogen) atoms. The first-order valence-corrected chi connectivity index (χ1v) is 6.84. The first-order valence-electron chi connectivity index (χ1n) is 5.79. The van der Waals surface area contributed by atoms with Gasteiger partial charge in [-0.2, -0.15) is 0 Å². The number of aryl methyl sites for hydroxylation is 1. The van der Waals surface area contributed by atoms with Crippen LogP contribution in [0, 0.1) is 6.92 Å². The number of carbonyl (C=O) groups excluding carboxylic acids is 2. The quantitative estimate of drug-likeness (QED) is 0.835. The third kappa shape index (κ3) is 2.57. The number of thioether (sulfide) groups is 1. The first kappa shape index (κ1) is 13.1. The van der Waals surface area contributed by atoms with Crippen LogP contribution in [0.5, 0.6) is 0 Å². The fraction of sp³-hybridized carbons (Fsp3) is 0.385. The topological polar surface area (TPSA) is 57.6 Å². The van der Waals surface area contributed by atoms with Crippen LogP contribution in [0.4, 0.5) is 5.69 Å². The van der Waals surface area contributed by atoms with Crippen molar-refractivity contribution in [1.29, 1.82) is 0 Å². The molecule has 0 aromatic heterocycles. The average Bonchev–Trinajstić information content (AvgIpc) is 2.63. The first-order chi connectivity index (χ1) is 8.63. The number of anilines is 1. The summed E-state index contributed by atoms with van der Waals surface area (Å²) < 4.78 is 0. The maximum atomic E-state index is 12.1. The number of hydrogen-bond donors (Lipinski definition) is 1. The highest BCUT2D eigenvalue weighted by molar-refractivity contribution is 8.00. The lowest BCUT2D eigenvalue weighted by atomic mass is 10.2. The molecule has 1 aliphatic rings. The number of amides is 2. The number of rotatable bonds is 4. The number of aliphatic hydroxyl groups is 1. The van der Waals surface area contributed by atoms with E-state index in [-0.39, 0.29) is 30.1 Å². The van der Waals surface area contributed by atoms with E-state index in [0.29, 0.717) is 11.4 Å². The number of aliphatic hydroxyl groups excluding tert-OH is 1. The van der Waals surface area contributed by atoms with Gasteiger partial charge >= 0.3 is 0 Å². The molecule has 1 aromatic carbocycles. The van der Waals surface area contributed by atoms with E-state index in [1.54, 1.807) is 12.1 Å². The van der Waals surface area contributed by atoms with Gasteiger partial charge in [-0.05, 0) is 19.1 Å². The molecule has 1 saturated heterocycles. The lowest BCUT2D eigenvalue weighted by Crippen LogP contribution is -2.31. The van der Waals surface area contributed by atoms with Crippen LogP contribution in [-0.2, 0) is 9.59 Å². The molecule has 2 amide bonds. The summed E-state index contributed by atoms with van der Waals surface area (Å²) in [7, 11) is 0. The van der Waals surface area contributed by atoms with Crippen LogP contribution in [0.25, 0.3) is 0 Å². The molecule has 1 N–H and O–H groups in total. The van der Waals surface area contributed by atoms with Crippen molar-refractivity contribution in [3.8, 4) is 0 Å². The summed E-state index contributed by atoms with van der Waals surface area (Å²) in [5, 5.41) is 8.41. The molecular formula is C13H15NO3S. The molecule has 1 fully saturated rings. The van der Waals surface area contributed by atoms with Gasteiger partial charge in [-0.3, -0.25) is 9.59 Å². The van der Waals surface area contributed by atoms with E-state index < -0.39 is 0 Å². The molecule has 0 aliphatic carbocycles. The Kier molecular flexibility index (Phi) is 4.04. The van der Waals surface area contributed by atoms with Gasteiger partial charge < -0.3 is 5.11 Å². The molecule has 1 atom stereocenters. The predicted octanol–water partition coefficient (Wildman–Crippen LogP) is 1.35. The number of benzene rings is 1. The van der Waals surface area contributed by atoms with Crippen LogP contribution in [0.2, 0.25) is 0 Å². The second-order valence-electron chi connectivity index (χ2n) is 4.19. The molecule has 0 saturated carbocycles. The highest BCUT2D eigenvalue weighted by Gasteiger charge is 2.39. The Morgan fingerprint density at radius 1 is 1.33 bits per heavy atom. The van der Waals surface area contributed by atoms with Crippen LogP contribution >= 0.6 is 11.8 Å². The maximum absolute atomic E-state index is 12.1. The van der Waals surface area contributed by atoms with E-state index in [1.807, 2.05) is 19.1 Å². The van der Waals surface area contributed by atoms with Crippen molar-refractivity contribution in [3.63, 3.8) is 0 Å². The van der Waals surface area contributed by atoms with Crippen LogP contribution in [0.15, 0.2) is 24.3 Å². The summed E-state index contributed by atoms with van der Waals surface area (Å²) in [6.07, 6.45) is 0.220. The third-order valence-electron chi connectivity index (χ3n) is 2.81. The van der Waals surface area contributed by atoms with E-state index >= 15 is 0 Å². The monoisotopic (exact) mass is 265 g/mol. The number of nitrogens with zero attached hydrogens (tertiary/aromatic N) is 1. The lowest BCUT2D eigenvalue weighted by Gasteiger charge is -2.14. The average molecular weight is 265 g/mol. The van der Waals surface area contributed by atoms with Crippen molar-refractivity contribution in [2.45, 2.75) is 18.6 Å². The Balaban J connectivity index is 2.16. The Labute approximate surface area is 110 Å². The molecule has 0 spiro atoms. The molecule has 4 nitrogen and oxygen atoms in total. The Hall–Kier alpha value is -1.33. The zero-order valence-corrected chi connectivity index (χ0v) is 10.9. The summed E-state index contributed by atoms with van der Waals surface area (Å²) in [4.78, 5) is 25.2. The largest absolute Gasteiger partial charge is 0.396 e. The fourth-order valence-electron chi connectivity index (χ4n) is 1.89. The van der Waals surface area contributed by atoms with Gasteiger partial charge in [0.1, 0.15) is 0 Å². The van der Waals surface area contributed by atoms with Crippen molar-refractivity contribution in [2.75, 3.05) is 17.3 Å². The highest BCUT2D eigenvalue weighted by Crippen LogP contribution is 2.29. The summed E-state index contributed by atoms with van der Waals surface area (Å²) in [5.41, 5.74) is 1.71. The molecule has 0 unspecified atom stereocenters. The number of carbonyl (C=O) groups is 2. The van der Waals surface area contributed by atoms with E-state index in [0.717, 1.165) is 5.56 Å². The van der Waals surface area contributed by atoms with Crippen LogP contribution in [0.1, 0.15) is 12.0 Å². The Morgan fingerprint density at radius 3 is 2.61 bits per heavy atom. The summed E-state index contributed by atoms with van der Waals surface area (Å²) in [6.45, 7) is 1.98. The Bertz CT molecular complexity index is 458. The standard InChI is InChI=1S/C13H15NO3S/c1-9-2-4-10(5-3-9)14-12(16)8-11(13(14)17)18-7-6-15/h2-5,11,15H,6-8H2,1H3/t11-/m1/s1. The SMILES string of the molecule is Cc1ccc(N2C(=O)C[C@@H](SCCO)C2=O)cc1. The van der Waals surface area contributed by atoms with Crippen molar-refractivity contribution in [3.05, 3.63) is 29.8 Å². The van der Waals surface area contributed by atoms with Gasteiger partial charge in [0, 0.05) is 12.2 Å². The minimum atomic E-state index is -0.356. The molecular weight excluding hydrogens is 250 g/mol. The highest BCUT2D eigenvalue weighted by atomic mass is 32.2. The normalized spacial score (nSPS) is 19.7. The van der Waals surface area contributed by atoms with Gasteiger partial charge in [0.2, 0.25) is 11.8 Å². The minimum Gasteiger partial charge on any atom is -0.396 e. The lowest BCUT2D eigenvalue weighted by molar-refractivity contribution is -0.121. The van der Waals surface area contributed by atoms with Crippen molar-refractivity contribution in [2.24, 2.45) is 0 Å². The van der Waals surface area contributed by atoms with Crippen LogP contribution < -0.4 is 4.90 Å². The van der Waals surface area contributed by atoms with E-state index in [4.69, 9.17) is 5.11 Å². The molecule has 1 aromatic rings. The molecule has 5 heteroatoms. The predicted molar refractivity (Wildman–Crippen MR) is 71.6 cm³/mol. The van der Waals surface area contributed by atoms with Gasteiger partial charge in [0.25, 0.3) is 0 Å². The van der Waals surface area contributed by atoms with Gasteiger partial charge in [-0.25, -0.2) is 4.90 Å². The van der Waals surface area contributed by atoms with Crippen molar-refractivity contribution < 1.29 is 14.7 Å².